The molecule has 1 aliphatic heterocycles. The zero-order valence-corrected chi connectivity index (χ0v) is 16.1. The summed E-state index contributed by atoms with van der Waals surface area (Å²) in [7, 11) is 0. The molecule has 1 aliphatic rings. The van der Waals surface area contributed by atoms with Crippen molar-refractivity contribution in [3.63, 3.8) is 0 Å². The molecule has 0 radical (unpaired) electrons. The van der Waals surface area contributed by atoms with Crippen molar-refractivity contribution in [3.8, 4) is 12.3 Å². The van der Waals surface area contributed by atoms with E-state index in [0.29, 0.717) is 16.4 Å². The zero-order valence-electron chi connectivity index (χ0n) is 15.3. The van der Waals surface area contributed by atoms with Gasteiger partial charge in [-0.2, -0.15) is 4.99 Å². The molecule has 3 amide bonds. The van der Waals surface area contributed by atoms with Gasteiger partial charge in [-0.25, -0.2) is 0 Å². The molecule has 0 saturated heterocycles. The summed E-state index contributed by atoms with van der Waals surface area (Å²) in [5, 5.41) is 5.42. The number of thioether (sulfide) groups is 1. The molecule has 7 nitrogen and oxygen atoms in total. The number of anilines is 1. The van der Waals surface area contributed by atoms with Gasteiger partial charge in [0, 0.05) is 30.8 Å². The molecule has 1 atom stereocenters. The Kier molecular flexibility index (Phi) is 7.44. The largest absolute Gasteiger partial charge is 0.352 e. The number of hydrogen-bond donors (Lipinski definition) is 2. The average molecular weight is 386 g/mol. The van der Waals surface area contributed by atoms with Crippen molar-refractivity contribution in [2.75, 3.05) is 25.0 Å². The lowest BCUT2D eigenvalue weighted by Gasteiger charge is -2.19. The summed E-state index contributed by atoms with van der Waals surface area (Å²) in [6.45, 7) is 5.62. The highest BCUT2D eigenvalue weighted by Crippen LogP contribution is 2.27. The van der Waals surface area contributed by atoms with Gasteiger partial charge in [-0.15, -0.1) is 6.42 Å². The SMILES string of the molecule is C#CCNC(=O)c1cccc(NC(=O)CC2SC(N(CC)CC)=NC2=O)c1. The van der Waals surface area contributed by atoms with Crippen LogP contribution in [0.2, 0.25) is 0 Å². The molecule has 0 aliphatic carbocycles. The molecular weight excluding hydrogens is 364 g/mol. The van der Waals surface area contributed by atoms with Crippen LogP contribution in [0, 0.1) is 12.3 Å². The van der Waals surface area contributed by atoms with E-state index in [-0.39, 0.29) is 30.7 Å². The van der Waals surface area contributed by atoms with Crippen LogP contribution in [0.4, 0.5) is 5.69 Å². The maximum Gasteiger partial charge on any atom is 0.262 e. The minimum Gasteiger partial charge on any atom is -0.352 e. The van der Waals surface area contributed by atoms with Gasteiger partial charge >= 0.3 is 0 Å². The first kappa shape index (κ1) is 20.5. The molecule has 142 valence electrons. The summed E-state index contributed by atoms with van der Waals surface area (Å²) < 4.78 is 0. The number of benzene rings is 1. The lowest BCUT2D eigenvalue weighted by atomic mass is 10.2. The number of rotatable bonds is 7. The van der Waals surface area contributed by atoms with Crippen molar-refractivity contribution in [2.45, 2.75) is 25.5 Å². The van der Waals surface area contributed by atoms with Crippen molar-refractivity contribution in [3.05, 3.63) is 29.8 Å². The van der Waals surface area contributed by atoms with Crippen molar-refractivity contribution >= 4 is 40.3 Å². The number of amidine groups is 1. The van der Waals surface area contributed by atoms with Crippen LogP contribution in [0.3, 0.4) is 0 Å². The van der Waals surface area contributed by atoms with E-state index in [0.717, 1.165) is 13.1 Å². The van der Waals surface area contributed by atoms with Crippen LogP contribution in [-0.2, 0) is 9.59 Å². The Hall–Kier alpha value is -2.79. The lowest BCUT2D eigenvalue weighted by Crippen LogP contribution is -2.28. The Balaban J connectivity index is 1.94. The topological polar surface area (TPSA) is 90.9 Å². The predicted octanol–water partition coefficient (Wildman–Crippen LogP) is 1.72. The van der Waals surface area contributed by atoms with E-state index in [4.69, 9.17) is 6.42 Å². The van der Waals surface area contributed by atoms with Crippen LogP contribution in [0.1, 0.15) is 30.6 Å². The van der Waals surface area contributed by atoms with Crippen LogP contribution in [0.25, 0.3) is 0 Å². The molecular formula is C19H22N4O3S. The average Bonchev–Trinajstić information content (AvgIpc) is 3.01. The van der Waals surface area contributed by atoms with Crippen molar-refractivity contribution in [2.24, 2.45) is 4.99 Å². The minimum atomic E-state index is -0.525. The number of hydrogen-bond acceptors (Lipinski definition) is 5. The molecule has 0 saturated carbocycles. The summed E-state index contributed by atoms with van der Waals surface area (Å²) in [5.74, 6) is 1.41. The van der Waals surface area contributed by atoms with Gasteiger partial charge in [-0.05, 0) is 32.0 Å². The van der Waals surface area contributed by atoms with Crippen molar-refractivity contribution < 1.29 is 14.4 Å². The van der Waals surface area contributed by atoms with E-state index < -0.39 is 5.25 Å². The Morgan fingerprint density at radius 2 is 2.07 bits per heavy atom. The van der Waals surface area contributed by atoms with Gasteiger partial charge in [-0.1, -0.05) is 23.7 Å². The van der Waals surface area contributed by atoms with Crippen LogP contribution in [-0.4, -0.2) is 52.7 Å². The van der Waals surface area contributed by atoms with Gasteiger partial charge in [0.1, 0.15) is 5.25 Å². The van der Waals surface area contributed by atoms with Gasteiger partial charge < -0.3 is 15.5 Å². The van der Waals surface area contributed by atoms with Crippen LogP contribution in [0.5, 0.6) is 0 Å². The molecule has 27 heavy (non-hydrogen) atoms. The summed E-state index contributed by atoms with van der Waals surface area (Å²) >= 11 is 1.31. The van der Waals surface area contributed by atoms with E-state index in [9.17, 15) is 14.4 Å². The smallest absolute Gasteiger partial charge is 0.262 e. The zero-order chi connectivity index (χ0) is 19.8. The summed E-state index contributed by atoms with van der Waals surface area (Å²) in [4.78, 5) is 42.4. The quantitative estimate of drug-likeness (QED) is 0.697. The van der Waals surface area contributed by atoms with Gasteiger partial charge in [-0.3, -0.25) is 14.4 Å². The highest BCUT2D eigenvalue weighted by molar-refractivity contribution is 8.15. The van der Waals surface area contributed by atoms with E-state index in [2.05, 4.69) is 21.5 Å². The van der Waals surface area contributed by atoms with Gasteiger partial charge in [0.25, 0.3) is 11.8 Å². The molecule has 2 N–H and O–H groups in total. The maximum atomic E-state index is 12.3. The number of amides is 3. The van der Waals surface area contributed by atoms with Gasteiger partial charge in [0.05, 0.1) is 6.54 Å². The Morgan fingerprint density at radius 1 is 1.33 bits per heavy atom. The molecule has 0 spiro atoms. The molecule has 1 heterocycles. The first-order valence-corrected chi connectivity index (χ1v) is 9.52. The van der Waals surface area contributed by atoms with E-state index in [1.807, 2.05) is 18.7 Å². The summed E-state index contributed by atoms with van der Waals surface area (Å²) in [5.41, 5.74) is 0.871. The molecule has 8 heteroatoms. The normalized spacial score (nSPS) is 15.7. The number of carbonyl (C=O) groups excluding carboxylic acids is 3. The Labute approximate surface area is 163 Å². The number of nitrogens with one attached hydrogen (secondary N) is 2. The molecule has 2 rings (SSSR count). The minimum absolute atomic E-state index is 0.0191. The highest BCUT2D eigenvalue weighted by atomic mass is 32.2. The second-order valence-electron chi connectivity index (χ2n) is 5.73. The second-order valence-corrected chi connectivity index (χ2v) is 6.90. The number of aliphatic imine (C=N–C) groups is 1. The monoisotopic (exact) mass is 386 g/mol. The third-order valence-corrected chi connectivity index (χ3v) is 5.11. The van der Waals surface area contributed by atoms with Crippen LogP contribution >= 0.6 is 11.8 Å². The molecule has 1 aromatic carbocycles. The molecule has 0 fully saturated rings. The predicted molar refractivity (Wildman–Crippen MR) is 108 cm³/mol. The first-order chi connectivity index (χ1) is 13.0. The summed E-state index contributed by atoms with van der Waals surface area (Å²) in [6.07, 6.45) is 5.14. The maximum absolute atomic E-state index is 12.3. The van der Waals surface area contributed by atoms with E-state index >= 15 is 0 Å². The van der Waals surface area contributed by atoms with Crippen LogP contribution in [0.15, 0.2) is 29.3 Å². The Morgan fingerprint density at radius 3 is 2.74 bits per heavy atom. The second kappa shape index (κ2) is 9.78. The molecule has 1 unspecified atom stereocenters. The highest BCUT2D eigenvalue weighted by Gasteiger charge is 2.32. The van der Waals surface area contributed by atoms with Crippen LogP contribution < -0.4 is 10.6 Å². The number of terminal acetylenes is 1. The fourth-order valence-corrected chi connectivity index (χ4v) is 3.68. The van der Waals surface area contributed by atoms with Gasteiger partial charge in [0.2, 0.25) is 5.91 Å². The molecule has 0 bridgehead atoms. The Bertz CT molecular complexity index is 796. The van der Waals surface area contributed by atoms with Crippen molar-refractivity contribution in [1.29, 1.82) is 0 Å². The number of nitrogens with zero attached hydrogens (tertiary/aromatic N) is 2. The number of carbonyl (C=O) groups is 3. The first-order valence-electron chi connectivity index (χ1n) is 8.64. The summed E-state index contributed by atoms with van der Waals surface area (Å²) in [6, 6.07) is 6.53. The molecule has 0 aromatic heterocycles. The molecule has 1 aromatic rings. The fourth-order valence-electron chi connectivity index (χ4n) is 2.49. The van der Waals surface area contributed by atoms with E-state index in [1.54, 1.807) is 24.3 Å². The van der Waals surface area contributed by atoms with E-state index in [1.165, 1.54) is 11.8 Å². The standard InChI is InChI=1S/C19H22N4O3S/c1-4-10-20-17(25)13-8-7-9-14(11-13)21-16(24)12-15-18(26)22-19(27-15)23(5-2)6-3/h1,7-9,11,15H,5-6,10,12H2,2-3H3,(H,20,25)(H,21,24). The van der Waals surface area contributed by atoms with Crippen molar-refractivity contribution in [1.82, 2.24) is 10.2 Å². The van der Waals surface area contributed by atoms with Gasteiger partial charge in [0.15, 0.2) is 5.17 Å². The lowest BCUT2D eigenvalue weighted by molar-refractivity contribution is -0.121. The fraction of sp³-hybridized carbons (Fsp3) is 0.368. The third-order valence-electron chi connectivity index (χ3n) is 3.89. The third kappa shape index (κ3) is 5.59.